The van der Waals surface area contributed by atoms with Crippen molar-refractivity contribution in [2.75, 3.05) is 13.1 Å². The molecule has 0 spiro atoms. The summed E-state index contributed by atoms with van der Waals surface area (Å²) < 4.78 is 0. The quantitative estimate of drug-likeness (QED) is 0.579. The summed E-state index contributed by atoms with van der Waals surface area (Å²) in [5.74, 6) is -0.0399. The molecule has 5 heteroatoms. The van der Waals surface area contributed by atoms with Crippen molar-refractivity contribution in [1.29, 1.82) is 0 Å². The van der Waals surface area contributed by atoms with Crippen LogP contribution in [0.15, 0.2) is 0 Å². The molecule has 1 atom stereocenters. The van der Waals surface area contributed by atoms with E-state index in [9.17, 15) is 4.79 Å². The highest BCUT2D eigenvalue weighted by Gasteiger charge is 2.16. The molecule has 1 aliphatic heterocycles. The van der Waals surface area contributed by atoms with E-state index in [1.54, 1.807) is 6.92 Å². The smallest absolute Gasteiger partial charge is 0.236 e. The molecule has 1 fully saturated rings. The molecule has 78 valence electrons. The average Bonchev–Trinajstić information content (AvgIpc) is 2.06. The molecule has 4 N–H and O–H groups in total. The fourth-order valence-electron chi connectivity index (χ4n) is 1.30. The number of halogens is 1. The van der Waals surface area contributed by atoms with Gasteiger partial charge in [0.1, 0.15) is 0 Å². The van der Waals surface area contributed by atoms with Crippen LogP contribution in [0.5, 0.6) is 0 Å². The first kappa shape index (κ1) is 12.7. The Morgan fingerprint density at radius 1 is 1.54 bits per heavy atom. The van der Waals surface area contributed by atoms with Crippen molar-refractivity contribution in [1.82, 2.24) is 10.6 Å². The monoisotopic (exact) mass is 207 g/mol. The third kappa shape index (κ3) is 4.45. The number of carbonyl (C=O) groups is 1. The summed E-state index contributed by atoms with van der Waals surface area (Å²) in [5.41, 5.74) is 5.43. The van der Waals surface area contributed by atoms with E-state index < -0.39 is 0 Å². The van der Waals surface area contributed by atoms with Gasteiger partial charge < -0.3 is 16.4 Å². The molecule has 1 rings (SSSR count). The van der Waals surface area contributed by atoms with Crippen molar-refractivity contribution >= 4 is 18.3 Å². The zero-order chi connectivity index (χ0) is 8.97. The first-order valence-electron chi connectivity index (χ1n) is 4.47. The van der Waals surface area contributed by atoms with Gasteiger partial charge in [-0.3, -0.25) is 4.79 Å². The lowest BCUT2D eigenvalue weighted by molar-refractivity contribution is -0.122. The molecule has 1 saturated heterocycles. The fourth-order valence-corrected chi connectivity index (χ4v) is 1.30. The van der Waals surface area contributed by atoms with Crippen molar-refractivity contribution in [3.63, 3.8) is 0 Å². The Hall–Kier alpha value is -0.320. The third-order valence-corrected chi connectivity index (χ3v) is 2.10. The number of rotatable bonds is 2. The van der Waals surface area contributed by atoms with Crippen molar-refractivity contribution in [2.24, 2.45) is 5.73 Å². The fraction of sp³-hybridized carbons (Fsp3) is 0.875. The Balaban J connectivity index is 0.00000144. The molecule has 13 heavy (non-hydrogen) atoms. The van der Waals surface area contributed by atoms with Crippen LogP contribution < -0.4 is 16.4 Å². The predicted octanol–water partition coefficient (Wildman–Crippen LogP) is -0.376. The molecule has 0 aliphatic carbocycles. The molecule has 0 aromatic rings. The molecule has 1 unspecified atom stereocenters. The zero-order valence-corrected chi connectivity index (χ0v) is 8.69. The minimum atomic E-state index is -0.389. The molecule has 0 saturated carbocycles. The predicted molar refractivity (Wildman–Crippen MR) is 54.9 cm³/mol. The van der Waals surface area contributed by atoms with Crippen LogP contribution in [0.4, 0.5) is 0 Å². The summed E-state index contributed by atoms with van der Waals surface area (Å²) in [4.78, 5) is 11.2. The lowest BCUT2D eigenvalue weighted by Gasteiger charge is -2.24. The SMILES string of the molecule is CC(N)C(=O)NC1CCNCC1.Cl. The van der Waals surface area contributed by atoms with Gasteiger partial charge in [0.15, 0.2) is 0 Å². The molecule has 0 bridgehead atoms. The summed E-state index contributed by atoms with van der Waals surface area (Å²) in [6.07, 6.45) is 2.02. The molecule has 1 amide bonds. The second-order valence-corrected chi connectivity index (χ2v) is 3.32. The van der Waals surface area contributed by atoms with Gasteiger partial charge in [-0.05, 0) is 32.9 Å². The number of nitrogens with two attached hydrogens (primary N) is 1. The second-order valence-electron chi connectivity index (χ2n) is 3.32. The lowest BCUT2D eigenvalue weighted by atomic mass is 10.1. The first-order chi connectivity index (χ1) is 5.70. The Morgan fingerprint density at radius 2 is 2.08 bits per heavy atom. The van der Waals surface area contributed by atoms with E-state index in [1.807, 2.05) is 0 Å². The number of nitrogens with one attached hydrogen (secondary N) is 2. The maximum atomic E-state index is 11.2. The van der Waals surface area contributed by atoms with E-state index in [4.69, 9.17) is 5.73 Å². The standard InChI is InChI=1S/C8H17N3O.ClH/c1-6(9)8(12)11-7-2-4-10-5-3-7;/h6-7,10H,2-5,9H2,1H3,(H,11,12);1H. The Kier molecular flexibility index (Phi) is 6.03. The number of hydrogen-bond acceptors (Lipinski definition) is 3. The normalized spacial score (nSPS) is 20.2. The maximum absolute atomic E-state index is 11.2. The molecule has 1 heterocycles. The van der Waals surface area contributed by atoms with Gasteiger partial charge in [0.25, 0.3) is 0 Å². The van der Waals surface area contributed by atoms with Crippen molar-refractivity contribution in [2.45, 2.75) is 31.8 Å². The highest BCUT2D eigenvalue weighted by Crippen LogP contribution is 2.01. The summed E-state index contributed by atoms with van der Waals surface area (Å²) in [6, 6.07) is -0.0652. The van der Waals surface area contributed by atoms with E-state index in [1.165, 1.54) is 0 Å². The van der Waals surface area contributed by atoms with Crippen LogP contribution in [0.1, 0.15) is 19.8 Å². The van der Waals surface area contributed by atoms with E-state index >= 15 is 0 Å². The molecule has 4 nitrogen and oxygen atoms in total. The van der Waals surface area contributed by atoms with Gasteiger partial charge in [0.2, 0.25) is 5.91 Å². The van der Waals surface area contributed by atoms with E-state index in [0.717, 1.165) is 25.9 Å². The van der Waals surface area contributed by atoms with Gasteiger partial charge in [-0.15, -0.1) is 12.4 Å². The van der Waals surface area contributed by atoms with Crippen molar-refractivity contribution in [3.8, 4) is 0 Å². The first-order valence-corrected chi connectivity index (χ1v) is 4.47. The molecule has 0 radical (unpaired) electrons. The van der Waals surface area contributed by atoms with Crippen LogP contribution in [0.2, 0.25) is 0 Å². The van der Waals surface area contributed by atoms with Gasteiger partial charge in [-0.2, -0.15) is 0 Å². The van der Waals surface area contributed by atoms with Gasteiger partial charge in [0.05, 0.1) is 6.04 Å². The number of amides is 1. The van der Waals surface area contributed by atoms with Crippen LogP contribution >= 0.6 is 12.4 Å². The maximum Gasteiger partial charge on any atom is 0.236 e. The molecule has 0 aromatic heterocycles. The number of hydrogen-bond donors (Lipinski definition) is 3. The molecule has 0 aromatic carbocycles. The Labute approximate surface area is 85.0 Å². The summed E-state index contributed by atoms with van der Waals surface area (Å²) >= 11 is 0. The molecular formula is C8H18ClN3O. The van der Waals surface area contributed by atoms with Gasteiger partial charge in [-0.1, -0.05) is 0 Å². The van der Waals surface area contributed by atoms with E-state index in [2.05, 4.69) is 10.6 Å². The van der Waals surface area contributed by atoms with Crippen molar-refractivity contribution in [3.05, 3.63) is 0 Å². The highest BCUT2D eigenvalue weighted by molar-refractivity contribution is 5.85. The average molecular weight is 208 g/mol. The minimum Gasteiger partial charge on any atom is -0.352 e. The van der Waals surface area contributed by atoms with Gasteiger partial charge >= 0.3 is 0 Å². The van der Waals surface area contributed by atoms with Gasteiger partial charge in [0, 0.05) is 6.04 Å². The topological polar surface area (TPSA) is 67.2 Å². The lowest BCUT2D eigenvalue weighted by Crippen LogP contribution is -2.47. The number of carbonyl (C=O) groups excluding carboxylic acids is 1. The van der Waals surface area contributed by atoms with Crippen LogP contribution in [0.25, 0.3) is 0 Å². The largest absolute Gasteiger partial charge is 0.352 e. The van der Waals surface area contributed by atoms with Gasteiger partial charge in [-0.25, -0.2) is 0 Å². The van der Waals surface area contributed by atoms with Crippen molar-refractivity contribution < 1.29 is 4.79 Å². The second kappa shape index (κ2) is 6.18. The molecular weight excluding hydrogens is 190 g/mol. The molecule has 1 aliphatic rings. The van der Waals surface area contributed by atoms with Crippen LogP contribution in [0.3, 0.4) is 0 Å². The van der Waals surface area contributed by atoms with Crippen LogP contribution in [-0.4, -0.2) is 31.1 Å². The third-order valence-electron chi connectivity index (χ3n) is 2.10. The van der Waals surface area contributed by atoms with Crippen LogP contribution in [0, 0.1) is 0 Å². The van der Waals surface area contributed by atoms with E-state index in [0.29, 0.717) is 6.04 Å². The number of piperidine rings is 1. The summed E-state index contributed by atoms with van der Waals surface area (Å²) in [5, 5.41) is 6.15. The van der Waals surface area contributed by atoms with Crippen LogP contribution in [-0.2, 0) is 4.79 Å². The summed E-state index contributed by atoms with van der Waals surface area (Å²) in [7, 11) is 0. The highest BCUT2D eigenvalue weighted by atomic mass is 35.5. The summed E-state index contributed by atoms with van der Waals surface area (Å²) in [6.45, 7) is 3.68. The Bertz CT molecular complexity index is 157. The zero-order valence-electron chi connectivity index (χ0n) is 7.88. The Morgan fingerprint density at radius 3 is 2.54 bits per heavy atom. The minimum absolute atomic E-state index is 0. The van der Waals surface area contributed by atoms with E-state index in [-0.39, 0.29) is 24.4 Å².